The lowest BCUT2D eigenvalue weighted by molar-refractivity contribution is -0.130. The van der Waals surface area contributed by atoms with Gasteiger partial charge in [-0.2, -0.15) is 0 Å². The van der Waals surface area contributed by atoms with Gasteiger partial charge in [-0.1, -0.05) is 6.92 Å². The lowest BCUT2D eigenvalue weighted by Crippen LogP contribution is -2.40. The molecule has 1 aliphatic rings. The summed E-state index contributed by atoms with van der Waals surface area (Å²) in [5, 5.41) is 3.05. The first-order valence-electron chi connectivity index (χ1n) is 5.06. The molecule has 0 aromatic rings. The molecule has 1 rings (SSSR count). The maximum atomic E-state index is 11.7. The fourth-order valence-corrected chi connectivity index (χ4v) is 2.85. The Bertz CT molecular complexity index is 339. The van der Waals surface area contributed by atoms with E-state index in [0.717, 1.165) is 6.42 Å². The zero-order valence-electron chi connectivity index (χ0n) is 9.36. The molecule has 1 amide bonds. The van der Waals surface area contributed by atoms with Crippen molar-refractivity contribution in [2.75, 3.05) is 18.7 Å². The van der Waals surface area contributed by atoms with Gasteiger partial charge in [-0.3, -0.25) is 10.1 Å². The Balaban J connectivity index is 2.63. The predicted octanol–water partition coefficient (Wildman–Crippen LogP) is -0.413. The molecule has 2 atom stereocenters. The Morgan fingerprint density at radius 1 is 1.60 bits per heavy atom. The van der Waals surface area contributed by atoms with E-state index in [0.29, 0.717) is 6.67 Å². The van der Waals surface area contributed by atoms with Crippen molar-refractivity contribution in [1.29, 1.82) is 0 Å². The number of sulfone groups is 1. The maximum Gasteiger partial charge on any atom is 0.241 e. The second-order valence-electron chi connectivity index (χ2n) is 4.07. The average molecular weight is 234 g/mol. The molecule has 0 bridgehead atoms. The fourth-order valence-electron chi connectivity index (χ4n) is 1.79. The van der Waals surface area contributed by atoms with Crippen LogP contribution >= 0.6 is 0 Å². The van der Waals surface area contributed by atoms with Crippen LogP contribution in [-0.2, 0) is 14.6 Å². The average Bonchev–Trinajstić information content (AvgIpc) is 2.43. The van der Waals surface area contributed by atoms with Gasteiger partial charge in [-0.05, 0) is 13.3 Å². The minimum absolute atomic E-state index is 0.00801. The van der Waals surface area contributed by atoms with Gasteiger partial charge in [0.05, 0.1) is 18.5 Å². The molecule has 1 aliphatic heterocycles. The molecule has 5 nitrogen and oxygen atoms in total. The van der Waals surface area contributed by atoms with E-state index in [1.165, 1.54) is 6.26 Å². The number of amides is 1. The summed E-state index contributed by atoms with van der Waals surface area (Å²) in [6, 6.07) is -0.399. The highest BCUT2D eigenvalue weighted by atomic mass is 32.2. The van der Waals surface area contributed by atoms with Gasteiger partial charge in [0.1, 0.15) is 9.84 Å². The number of carbonyl (C=O) groups is 1. The van der Waals surface area contributed by atoms with Crippen LogP contribution in [0.3, 0.4) is 0 Å². The third-order valence-corrected chi connectivity index (χ3v) is 3.66. The molecule has 6 heteroatoms. The highest BCUT2D eigenvalue weighted by Crippen LogP contribution is 2.11. The first-order valence-corrected chi connectivity index (χ1v) is 7.12. The highest BCUT2D eigenvalue weighted by molar-refractivity contribution is 7.90. The van der Waals surface area contributed by atoms with Crippen LogP contribution in [0.4, 0.5) is 0 Å². The van der Waals surface area contributed by atoms with E-state index in [4.69, 9.17) is 0 Å². The monoisotopic (exact) mass is 234 g/mol. The Hall–Kier alpha value is -0.620. The zero-order chi connectivity index (χ0) is 11.6. The molecule has 1 heterocycles. The Morgan fingerprint density at radius 2 is 2.20 bits per heavy atom. The summed E-state index contributed by atoms with van der Waals surface area (Å²) < 4.78 is 22.2. The third-order valence-electron chi connectivity index (χ3n) is 2.57. The molecule has 1 saturated heterocycles. The summed E-state index contributed by atoms with van der Waals surface area (Å²) in [5.41, 5.74) is 0. The number of nitrogens with one attached hydrogen (secondary N) is 1. The van der Waals surface area contributed by atoms with Crippen molar-refractivity contribution in [2.24, 2.45) is 0 Å². The molecule has 0 saturated carbocycles. The summed E-state index contributed by atoms with van der Waals surface area (Å²) in [5.74, 6) is 0.0327. The van der Waals surface area contributed by atoms with Crippen molar-refractivity contribution in [3.05, 3.63) is 0 Å². The Labute approximate surface area is 90.7 Å². The van der Waals surface area contributed by atoms with Crippen molar-refractivity contribution in [3.63, 3.8) is 0 Å². The summed E-state index contributed by atoms with van der Waals surface area (Å²) in [7, 11) is -3.03. The molecule has 0 spiro atoms. The second-order valence-corrected chi connectivity index (χ2v) is 6.26. The quantitative estimate of drug-likeness (QED) is 0.718. The normalized spacial score (nSPS) is 24.6. The van der Waals surface area contributed by atoms with Crippen LogP contribution in [0.25, 0.3) is 0 Å². The molecular weight excluding hydrogens is 216 g/mol. The van der Waals surface area contributed by atoms with Crippen LogP contribution < -0.4 is 5.32 Å². The summed E-state index contributed by atoms with van der Waals surface area (Å²) in [6.45, 7) is 4.15. The van der Waals surface area contributed by atoms with E-state index >= 15 is 0 Å². The van der Waals surface area contributed by atoms with Gasteiger partial charge < -0.3 is 4.90 Å². The van der Waals surface area contributed by atoms with Gasteiger partial charge in [-0.15, -0.1) is 0 Å². The van der Waals surface area contributed by atoms with E-state index in [1.54, 1.807) is 11.8 Å². The topological polar surface area (TPSA) is 66.5 Å². The van der Waals surface area contributed by atoms with Crippen LogP contribution in [0.1, 0.15) is 20.3 Å². The number of nitrogens with zero attached hydrogens (tertiary/aromatic N) is 1. The van der Waals surface area contributed by atoms with Crippen molar-refractivity contribution in [1.82, 2.24) is 10.2 Å². The molecule has 0 aliphatic carbocycles. The molecule has 1 fully saturated rings. The van der Waals surface area contributed by atoms with E-state index in [1.807, 2.05) is 6.92 Å². The van der Waals surface area contributed by atoms with Gasteiger partial charge in [0, 0.05) is 12.3 Å². The van der Waals surface area contributed by atoms with Gasteiger partial charge >= 0.3 is 0 Å². The smallest absolute Gasteiger partial charge is 0.241 e. The van der Waals surface area contributed by atoms with Crippen LogP contribution in [0, 0.1) is 0 Å². The second kappa shape index (κ2) is 4.49. The highest BCUT2D eigenvalue weighted by Gasteiger charge is 2.33. The molecule has 0 aromatic heterocycles. The van der Waals surface area contributed by atoms with Gasteiger partial charge in [0.15, 0.2) is 0 Å². The van der Waals surface area contributed by atoms with Gasteiger partial charge in [-0.25, -0.2) is 8.42 Å². The SMILES string of the molecule is CCC1NCN(C(C)CS(C)(=O)=O)C1=O. The van der Waals surface area contributed by atoms with Crippen LogP contribution in [0.15, 0.2) is 0 Å². The number of carbonyl (C=O) groups excluding carboxylic acids is 1. The summed E-state index contributed by atoms with van der Waals surface area (Å²) in [6.07, 6.45) is 1.93. The molecule has 0 aromatic carbocycles. The molecule has 15 heavy (non-hydrogen) atoms. The van der Waals surface area contributed by atoms with Crippen LogP contribution in [0.2, 0.25) is 0 Å². The number of hydrogen-bond donors (Lipinski definition) is 1. The minimum Gasteiger partial charge on any atom is -0.325 e. The molecular formula is C9H18N2O3S. The molecule has 2 unspecified atom stereocenters. The largest absolute Gasteiger partial charge is 0.325 e. The lowest BCUT2D eigenvalue weighted by Gasteiger charge is -2.22. The van der Waals surface area contributed by atoms with E-state index in [9.17, 15) is 13.2 Å². The fraction of sp³-hybridized carbons (Fsp3) is 0.889. The van der Waals surface area contributed by atoms with Crippen LogP contribution in [-0.4, -0.2) is 50.0 Å². The minimum atomic E-state index is -3.03. The molecule has 88 valence electrons. The standard InChI is InChI=1S/C9H18N2O3S/c1-4-8-9(12)11(6-10-8)7(2)5-15(3,13)14/h7-8,10H,4-6H2,1-3H3. The third kappa shape index (κ3) is 3.17. The molecule has 0 radical (unpaired) electrons. The maximum absolute atomic E-state index is 11.7. The van der Waals surface area contributed by atoms with E-state index < -0.39 is 9.84 Å². The zero-order valence-corrected chi connectivity index (χ0v) is 10.2. The number of rotatable bonds is 4. The summed E-state index contributed by atoms with van der Waals surface area (Å²) in [4.78, 5) is 13.3. The first-order chi connectivity index (χ1) is 6.85. The van der Waals surface area contributed by atoms with Crippen LogP contribution in [0.5, 0.6) is 0 Å². The summed E-state index contributed by atoms with van der Waals surface area (Å²) >= 11 is 0. The number of hydrogen-bond acceptors (Lipinski definition) is 4. The Kier molecular flexibility index (Phi) is 3.72. The first kappa shape index (κ1) is 12.4. The van der Waals surface area contributed by atoms with Crippen molar-refractivity contribution < 1.29 is 13.2 Å². The Morgan fingerprint density at radius 3 is 2.60 bits per heavy atom. The van der Waals surface area contributed by atoms with E-state index in [-0.39, 0.29) is 23.7 Å². The van der Waals surface area contributed by atoms with Gasteiger partial charge in [0.2, 0.25) is 5.91 Å². The van der Waals surface area contributed by atoms with Crippen molar-refractivity contribution >= 4 is 15.7 Å². The van der Waals surface area contributed by atoms with Crippen molar-refractivity contribution in [2.45, 2.75) is 32.4 Å². The van der Waals surface area contributed by atoms with Gasteiger partial charge in [0.25, 0.3) is 0 Å². The lowest BCUT2D eigenvalue weighted by atomic mass is 10.2. The van der Waals surface area contributed by atoms with Crippen molar-refractivity contribution in [3.8, 4) is 0 Å². The molecule has 1 N–H and O–H groups in total. The van der Waals surface area contributed by atoms with E-state index in [2.05, 4.69) is 5.32 Å². The predicted molar refractivity (Wildman–Crippen MR) is 58.1 cm³/mol.